The van der Waals surface area contributed by atoms with Crippen molar-refractivity contribution < 1.29 is 19.1 Å². The summed E-state index contributed by atoms with van der Waals surface area (Å²) in [5.74, 6) is -0.642. The molecule has 1 aromatic rings. The number of esters is 1. The maximum absolute atomic E-state index is 11.5. The molecule has 0 spiro atoms. The summed E-state index contributed by atoms with van der Waals surface area (Å²) < 4.78 is 9.37. The van der Waals surface area contributed by atoms with E-state index in [0.717, 1.165) is 5.56 Å². The lowest BCUT2D eigenvalue weighted by atomic mass is 10.0. The Morgan fingerprint density at radius 2 is 1.89 bits per heavy atom. The Hall–Kier alpha value is -1.88. The highest BCUT2D eigenvalue weighted by atomic mass is 16.5. The first-order valence-electron chi connectivity index (χ1n) is 5.57. The maximum atomic E-state index is 11.5. The molecule has 5 nitrogen and oxygen atoms in total. The second kappa shape index (κ2) is 7.45. The molecule has 0 fully saturated rings. The molecule has 0 radical (unpaired) electrons. The van der Waals surface area contributed by atoms with E-state index in [4.69, 9.17) is 4.74 Å². The number of methoxy groups -OCH3 is 2. The fraction of sp³-hybridized carbons (Fsp3) is 0.385. The summed E-state index contributed by atoms with van der Waals surface area (Å²) in [6.07, 6.45) is 0.0932. The number of benzene rings is 1. The molecular weight excluding hydrogens is 234 g/mol. The monoisotopic (exact) mass is 251 g/mol. The second-order valence-corrected chi connectivity index (χ2v) is 3.74. The summed E-state index contributed by atoms with van der Waals surface area (Å²) >= 11 is 0. The van der Waals surface area contributed by atoms with Crippen LogP contribution in [0.4, 0.5) is 0 Å². The van der Waals surface area contributed by atoms with Crippen molar-refractivity contribution >= 4 is 11.9 Å². The van der Waals surface area contributed by atoms with E-state index in [1.165, 1.54) is 14.2 Å². The second-order valence-electron chi connectivity index (χ2n) is 3.74. The first-order chi connectivity index (χ1) is 8.67. The van der Waals surface area contributed by atoms with Crippen molar-refractivity contribution in [3.05, 3.63) is 35.9 Å². The highest BCUT2D eigenvalue weighted by molar-refractivity contribution is 5.79. The zero-order valence-electron chi connectivity index (χ0n) is 10.5. The Bertz CT molecular complexity index is 391. The van der Waals surface area contributed by atoms with Crippen LogP contribution in [-0.2, 0) is 19.1 Å². The molecule has 0 saturated carbocycles. The van der Waals surface area contributed by atoms with Gasteiger partial charge in [0.05, 0.1) is 19.6 Å². The highest BCUT2D eigenvalue weighted by Crippen LogP contribution is 2.16. The van der Waals surface area contributed by atoms with Crippen molar-refractivity contribution in [1.82, 2.24) is 5.32 Å². The van der Waals surface area contributed by atoms with Gasteiger partial charge in [-0.1, -0.05) is 30.3 Å². The van der Waals surface area contributed by atoms with E-state index in [-0.39, 0.29) is 24.9 Å². The molecule has 0 aliphatic heterocycles. The van der Waals surface area contributed by atoms with Crippen LogP contribution in [0, 0.1) is 0 Å². The lowest BCUT2D eigenvalue weighted by Gasteiger charge is -2.17. The third-order valence-corrected chi connectivity index (χ3v) is 2.41. The summed E-state index contributed by atoms with van der Waals surface area (Å²) in [5.41, 5.74) is 0.854. The zero-order chi connectivity index (χ0) is 13.4. The average Bonchev–Trinajstić information content (AvgIpc) is 2.39. The van der Waals surface area contributed by atoms with Crippen LogP contribution in [-0.4, -0.2) is 32.7 Å². The largest absolute Gasteiger partial charge is 0.469 e. The molecule has 0 aliphatic carbocycles. The number of ether oxygens (including phenoxy) is 2. The summed E-state index contributed by atoms with van der Waals surface area (Å²) in [6.45, 7) is -0.0372. The quantitative estimate of drug-likeness (QED) is 0.768. The van der Waals surface area contributed by atoms with Crippen LogP contribution >= 0.6 is 0 Å². The molecule has 18 heavy (non-hydrogen) atoms. The standard InChI is InChI=1S/C13H17NO4/c1-17-9-12(15)14-11(8-13(16)18-2)10-6-4-3-5-7-10/h3-7,11H,8-9H2,1-2H3,(H,14,15). The Balaban J connectivity index is 2.75. The smallest absolute Gasteiger partial charge is 0.307 e. The Morgan fingerprint density at radius 1 is 1.22 bits per heavy atom. The number of rotatable bonds is 6. The predicted octanol–water partition coefficient (Wildman–Crippen LogP) is 1.05. The fourth-order valence-corrected chi connectivity index (χ4v) is 1.55. The number of nitrogens with one attached hydrogen (secondary N) is 1. The molecular formula is C13H17NO4. The van der Waals surface area contributed by atoms with Crippen LogP contribution in [0.25, 0.3) is 0 Å². The van der Waals surface area contributed by atoms with E-state index in [2.05, 4.69) is 10.1 Å². The fourth-order valence-electron chi connectivity index (χ4n) is 1.55. The number of amides is 1. The van der Waals surface area contributed by atoms with Gasteiger partial charge in [-0.2, -0.15) is 0 Å². The molecule has 1 amide bonds. The SMILES string of the molecule is COCC(=O)NC(CC(=O)OC)c1ccccc1. The Morgan fingerprint density at radius 3 is 2.44 bits per heavy atom. The molecule has 0 aliphatic rings. The predicted molar refractivity (Wildman–Crippen MR) is 65.8 cm³/mol. The minimum absolute atomic E-state index is 0.0372. The van der Waals surface area contributed by atoms with E-state index in [1.807, 2.05) is 30.3 Å². The van der Waals surface area contributed by atoms with Gasteiger partial charge in [-0.3, -0.25) is 9.59 Å². The third kappa shape index (κ3) is 4.55. The van der Waals surface area contributed by atoms with Crippen LogP contribution < -0.4 is 5.32 Å². The molecule has 1 unspecified atom stereocenters. The van der Waals surface area contributed by atoms with Crippen molar-refractivity contribution in [3.8, 4) is 0 Å². The normalized spacial score (nSPS) is 11.7. The van der Waals surface area contributed by atoms with Crippen molar-refractivity contribution in [1.29, 1.82) is 0 Å². The van der Waals surface area contributed by atoms with Gasteiger partial charge in [-0.05, 0) is 5.56 Å². The molecule has 5 heteroatoms. The van der Waals surface area contributed by atoms with Gasteiger partial charge in [-0.25, -0.2) is 0 Å². The van der Waals surface area contributed by atoms with Crippen LogP contribution in [0.5, 0.6) is 0 Å². The first kappa shape index (κ1) is 14.2. The van der Waals surface area contributed by atoms with Gasteiger partial charge >= 0.3 is 5.97 Å². The lowest BCUT2D eigenvalue weighted by molar-refractivity contribution is -0.141. The Kier molecular flexibility index (Phi) is 5.87. The van der Waals surface area contributed by atoms with Gasteiger partial charge in [0.2, 0.25) is 5.91 Å². The van der Waals surface area contributed by atoms with Crippen molar-refractivity contribution in [2.24, 2.45) is 0 Å². The van der Waals surface area contributed by atoms with Gasteiger partial charge < -0.3 is 14.8 Å². The van der Waals surface area contributed by atoms with Gasteiger partial charge in [0, 0.05) is 7.11 Å². The molecule has 0 saturated heterocycles. The van der Waals surface area contributed by atoms with Gasteiger partial charge in [0.15, 0.2) is 0 Å². The van der Waals surface area contributed by atoms with E-state index in [0.29, 0.717) is 0 Å². The maximum Gasteiger partial charge on any atom is 0.307 e. The number of hydrogen-bond donors (Lipinski definition) is 1. The minimum Gasteiger partial charge on any atom is -0.469 e. The number of hydrogen-bond acceptors (Lipinski definition) is 4. The van der Waals surface area contributed by atoms with E-state index >= 15 is 0 Å². The first-order valence-corrected chi connectivity index (χ1v) is 5.57. The molecule has 1 atom stereocenters. The van der Waals surface area contributed by atoms with Crippen molar-refractivity contribution in [3.63, 3.8) is 0 Å². The van der Waals surface area contributed by atoms with Crippen LogP contribution in [0.2, 0.25) is 0 Å². The van der Waals surface area contributed by atoms with Gasteiger partial charge in [-0.15, -0.1) is 0 Å². The van der Waals surface area contributed by atoms with E-state index in [9.17, 15) is 9.59 Å². The lowest BCUT2D eigenvalue weighted by Crippen LogP contribution is -2.32. The van der Waals surface area contributed by atoms with Gasteiger partial charge in [0.25, 0.3) is 0 Å². The van der Waals surface area contributed by atoms with Gasteiger partial charge in [0.1, 0.15) is 6.61 Å². The number of carbonyl (C=O) groups excluding carboxylic acids is 2. The molecule has 0 aromatic heterocycles. The molecule has 1 aromatic carbocycles. The average molecular weight is 251 g/mol. The minimum atomic E-state index is -0.402. The summed E-state index contributed by atoms with van der Waals surface area (Å²) in [4.78, 5) is 22.8. The van der Waals surface area contributed by atoms with Crippen molar-refractivity contribution in [2.45, 2.75) is 12.5 Å². The molecule has 0 bridgehead atoms. The van der Waals surface area contributed by atoms with E-state index in [1.54, 1.807) is 0 Å². The zero-order valence-corrected chi connectivity index (χ0v) is 10.5. The summed E-state index contributed by atoms with van der Waals surface area (Å²) in [5, 5.41) is 2.73. The topological polar surface area (TPSA) is 64.6 Å². The van der Waals surface area contributed by atoms with Crippen LogP contribution in [0.3, 0.4) is 0 Å². The van der Waals surface area contributed by atoms with Crippen LogP contribution in [0.15, 0.2) is 30.3 Å². The van der Waals surface area contributed by atoms with Crippen LogP contribution in [0.1, 0.15) is 18.0 Å². The summed E-state index contributed by atoms with van der Waals surface area (Å²) in [7, 11) is 2.76. The van der Waals surface area contributed by atoms with Crippen molar-refractivity contribution in [2.75, 3.05) is 20.8 Å². The highest BCUT2D eigenvalue weighted by Gasteiger charge is 2.18. The Labute approximate surface area is 106 Å². The van der Waals surface area contributed by atoms with E-state index < -0.39 is 6.04 Å². The molecule has 1 rings (SSSR count). The number of carbonyl (C=O) groups is 2. The third-order valence-electron chi connectivity index (χ3n) is 2.41. The molecule has 0 heterocycles. The molecule has 98 valence electrons. The summed E-state index contributed by atoms with van der Waals surface area (Å²) in [6, 6.07) is 8.86. The molecule has 1 N–H and O–H groups in total.